The number of carbonyl (C=O) groups excluding carboxylic acids is 1. The molecule has 0 radical (unpaired) electrons. The SMILES string of the molecule is CCCCCCCC(=O)N/N=C(\C)c1ccc(C)s1. The predicted molar refractivity (Wildman–Crippen MR) is 82.8 cm³/mol. The second kappa shape index (κ2) is 8.86. The Labute approximate surface area is 120 Å². The molecule has 0 saturated heterocycles. The van der Waals surface area contributed by atoms with E-state index in [4.69, 9.17) is 0 Å². The first-order chi connectivity index (χ1) is 9.13. The van der Waals surface area contributed by atoms with Crippen LogP contribution in [0.25, 0.3) is 0 Å². The Hall–Kier alpha value is -1.16. The Morgan fingerprint density at radius 3 is 2.63 bits per heavy atom. The Balaban J connectivity index is 2.25. The molecule has 106 valence electrons. The van der Waals surface area contributed by atoms with E-state index in [1.54, 1.807) is 11.3 Å². The summed E-state index contributed by atoms with van der Waals surface area (Å²) in [6.07, 6.45) is 6.38. The van der Waals surface area contributed by atoms with E-state index in [9.17, 15) is 4.79 Å². The summed E-state index contributed by atoms with van der Waals surface area (Å²) in [6, 6.07) is 4.10. The van der Waals surface area contributed by atoms with Gasteiger partial charge in [-0.1, -0.05) is 32.6 Å². The van der Waals surface area contributed by atoms with Gasteiger partial charge in [0.2, 0.25) is 5.91 Å². The number of hydrogen-bond acceptors (Lipinski definition) is 3. The van der Waals surface area contributed by atoms with Crippen LogP contribution in [0.2, 0.25) is 0 Å². The Bertz CT molecular complexity index is 424. The topological polar surface area (TPSA) is 41.5 Å². The largest absolute Gasteiger partial charge is 0.273 e. The van der Waals surface area contributed by atoms with Gasteiger partial charge in [0.25, 0.3) is 0 Å². The van der Waals surface area contributed by atoms with E-state index >= 15 is 0 Å². The maximum Gasteiger partial charge on any atom is 0.240 e. The van der Waals surface area contributed by atoms with Crippen LogP contribution in [0.15, 0.2) is 17.2 Å². The first-order valence-corrected chi connectivity index (χ1v) is 7.85. The molecule has 1 aromatic heterocycles. The highest BCUT2D eigenvalue weighted by Crippen LogP contribution is 2.15. The van der Waals surface area contributed by atoms with Crippen molar-refractivity contribution in [1.82, 2.24) is 5.43 Å². The number of hydrogen-bond donors (Lipinski definition) is 1. The normalized spacial score (nSPS) is 11.6. The highest BCUT2D eigenvalue weighted by Gasteiger charge is 2.03. The molecule has 0 aliphatic carbocycles. The van der Waals surface area contributed by atoms with E-state index in [2.05, 4.69) is 30.4 Å². The summed E-state index contributed by atoms with van der Waals surface area (Å²) in [7, 11) is 0. The summed E-state index contributed by atoms with van der Waals surface area (Å²) >= 11 is 1.69. The van der Waals surface area contributed by atoms with Crippen molar-refractivity contribution in [1.29, 1.82) is 0 Å². The molecular formula is C15H24N2OS. The number of unbranched alkanes of at least 4 members (excludes halogenated alkanes) is 4. The quantitative estimate of drug-likeness (QED) is 0.431. The molecule has 1 rings (SSSR count). The van der Waals surface area contributed by atoms with Crippen molar-refractivity contribution in [3.05, 3.63) is 21.9 Å². The first-order valence-electron chi connectivity index (χ1n) is 7.03. The number of rotatable bonds is 8. The van der Waals surface area contributed by atoms with E-state index < -0.39 is 0 Å². The molecule has 0 spiro atoms. The van der Waals surface area contributed by atoms with Gasteiger partial charge in [-0.3, -0.25) is 4.79 Å². The van der Waals surface area contributed by atoms with Gasteiger partial charge in [-0.15, -0.1) is 11.3 Å². The highest BCUT2D eigenvalue weighted by molar-refractivity contribution is 7.14. The summed E-state index contributed by atoms with van der Waals surface area (Å²) in [6.45, 7) is 6.18. The smallest absolute Gasteiger partial charge is 0.240 e. The van der Waals surface area contributed by atoms with Crippen LogP contribution >= 0.6 is 11.3 Å². The summed E-state index contributed by atoms with van der Waals surface area (Å²) in [4.78, 5) is 14.0. The molecule has 0 atom stereocenters. The molecule has 0 saturated carbocycles. The van der Waals surface area contributed by atoms with Gasteiger partial charge in [-0.05, 0) is 32.4 Å². The number of thiophene rings is 1. The van der Waals surface area contributed by atoms with Crippen molar-refractivity contribution in [3.63, 3.8) is 0 Å². The number of aryl methyl sites for hydroxylation is 1. The molecule has 3 nitrogen and oxygen atoms in total. The molecule has 0 unspecified atom stereocenters. The van der Waals surface area contributed by atoms with Gasteiger partial charge in [-0.25, -0.2) is 5.43 Å². The second-order valence-corrected chi connectivity index (χ2v) is 6.09. The molecule has 0 aliphatic heterocycles. The molecule has 1 heterocycles. The minimum atomic E-state index is 0.0177. The van der Waals surface area contributed by atoms with Gasteiger partial charge in [0.05, 0.1) is 10.6 Å². The summed E-state index contributed by atoms with van der Waals surface area (Å²) in [5, 5.41) is 4.15. The third-order valence-corrected chi connectivity index (χ3v) is 4.06. The van der Waals surface area contributed by atoms with Crippen LogP contribution in [0, 0.1) is 6.92 Å². The van der Waals surface area contributed by atoms with Gasteiger partial charge >= 0.3 is 0 Å². The number of nitrogens with zero attached hydrogens (tertiary/aromatic N) is 1. The minimum Gasteiger partial charge on any atom is -0.273 e. The van der Waals surface area contributed by atoms with Crippen molar-refractivity contribution in [3.8, 4) is 0 Å². The van der Waals surface area contributed by atoms with Gasteiger partial charge in [0, 0.05) is 11.3 Å². The molecule has 0 aromatic carbocycles. The number of hydrazone groups is 1. The lowest BCUT2D eigenvalue weighted by molar-refractivity contribution is -0.121. The molecule has 1 N–H and O–H groups in total. The fraction of sp³-hybridized carbons (Fsp3) is 0.600. The van der Waals surface area contributed by atoms with Crippen LogP contribution in [0.1, 0.15) is 62.1 Å². The maximum absolute atomic E-state index is 11.6. The van der Waals surface area contributed by atoms with Gasteiger partial charge in [0.15, 0.2) is 0 Å². The van der Waals surface area contributed by atoms with Crippen molar-refractivity contribution in [2.75, 3.05) is 0 Å². The van der Waals surface area contributed by atoms with E-state index in [0.717, 1.165) is 23.4 Å². The molecule has 0 aliphatic rings. The number of carbonyl (C=O) groups is 1. The van der Waals surface area contributed by atoms with Crippen molar-refractivity contribution in [2.24, 2.45) is 5.10 Å². The minimum absolute atomic E-state index is 0.0177. The van der Waals surface area contributed by atoms with Crippen LogP contribution in [0.5, 0.6) is 0 Å². The molecule has 1 aromatic rings. The fourth-order valence-corrected chi connectivity index (χ4v) is 2.59. The lowest BCUT2D eigenvalue weighted by Crippen LogP contribution is -2.18. The Morgan fingerprint density at radius 2 is 2.00 bits per heavy atom. The lowest BCUT2D eigenvalue weighted by atomic mass is 10.1. The Morgan fingerprint density at radius 1 is 1.26 bits per heavy atom. The molecule has 0 fully saturated rings. The average Bonchev–Trinajstić information content (AvgIpc) is 2.82. The molecule has 1 amide bonds. The standard InChI is InChI=1S/C15H24N2OS/c1-4-5-6-7-8-9-15(18)17-16-13(3)14-11-10-12(2)19-14/h10-11H,4-9H2,1-3H3,(H,17,18)/b16-13+. The highest BCUT2D eigenvalue weighted by atomic mass is 32.1. The van der Waals surface area contributed by atoms with Gasteiger partial charge in [-0.2, -0.15) is 5.10 Å². The predicted octanol–water partition coefficient (Wildman–Crippen LogP) is 4.26. The number of amides is 1. The van der Waals surface area contributed by atoms with E-state index in [0.29, 0.717) is 6.42 Å². The van der Waals surface area contributed by atoms with Crippen LogP contribution < -0.4 is 5.43 Å². The zero-order chi connectivity index (χ0) is 14.1. The van der Waals surface area contributed by atoms with Crippen molar-refractivity contribution in [2.45, 2.75) is 59.3 Å². The lowest BCUT2D eigenvalue weighted by Gasteiger charge is -2.01. The van der Waals surface area contributed by atoms with Gasteiger partial charge in [0.1, 0.15) is 0 Å². The van der Waals surface area contributed by atoms with Crippen LogP contribution in [-0.2, 0) is 4.79 Å². The first kappa shape index (κ1) is 15.9. The zero-order valence-corrected chi connectivity index (χ0v) is 13.0. The Kier molecular flexibility index (Phi) is 7.41. The second-order valence-electron chi connectivity index (χ2n) is 4.81. The zero-order valence-electron chi connectivity index (χ0n) is 12.2. The number of nitrogens with one attached hydrogen (secondary N) is 1. The monoisotopic (exact) mass is 280 g/mol. The average molecular weight is 280 g/mol. The summed E-state index contributed by atoms with van der Waals surface area (Å²) in [5.74, 6) is 0.0177. The van der Waals surface area contributed by atoms with Crippen LogP contribution in [0.3, 0.4) is 0 Å². The molecule has 4 heteroatoms. The molecular weight excluding hydrogens is 256 g/mol. The van der Waals surface area contributed by atoms with Crippen LogP contribution in [-0.4, -0.2) is 11.6 Å². The third-order valence-electron chi connectivity index (χ3n) is 2.95. The van der Waals surface area contributed by atoms with Crippen molar-refractivity contribution < 1.29 is 4.79 Å². The maximum atomic E-state index is 11.6. The third kappa shape index (κ3) is 6.53. The van der Waals surface area contributed by atoms with Gasteiger partial charge < -0.3 is 0 Å². The van der Waals surface area contributed by atoms with E-state index in [-0.39, 0.29) is 5.91 Å². The molecule has 0 bridgehead atoms. The summed E-state index contributed by atoms with van der Waals surface area (Å²) in [5.41, 5.74) is 3.51. The van der Waals surface area contributed by atoms with Crippen LogP contribution in [0.4, 0.5) is 0 Å². The fourth-order valence-electron chi connectivity index (χ4n) is 1.78. The van der Waals surface area contributed by atoms with E-state index in [1.807, 2.05) is 13.0 Å². The summed E-state index contributed by atoms with van der Waals surface area (Å²) < 4.78 is 0. The van der Waals surface area contributed by atoms with E-state index in [1.165, 1.54) is 24.1 Å². The van der Waals surface area contributed by atoms with Crippen molar-refractivity contribution >= 4 is 23.0 Å². The molecule has 19 heavy (non-hydrogen) atoms.